The molecule has 0 aliphatic carbocycles. The van der Waals surface area contributed by atoms with Crippen LogP contribution in [-0.2, 0) is 28.6 Å². The van der Waals surface area contributed by atoms with Gasteiger partial charge in [-0.15, -0.1) is 0 Å². The Balaban J connectivity index is 4.33. The van der Waals surface area contributed by atoms with E-state index >= 15 is 0 Å². The van der Waals surface area contributed by atoms with Gasteiger partial charge in [0.15, 0.2) is 6.10 Å². The van der Waals surface area contributed by atoms with E-state index in [1.54, 1.807) is 0 Å². The first-order valence-corrected chi connectivity index (χ1v) is 31.4. The first-order valence-electron chi connectivity index (χ1n) is 31.4. The summed E-state index contributed by atoms with van der Waals surface area (Å²) in [6, 6.07) is 0. The summed E-state index contributed by atoms with van der Waals surface area (Å²) in [5, 5.41) is 0. The van der Waals surface area contributed by atoms with Gasteiger partial charge in [-0.05, 0) is 109 Å². The summed E-state index contributed by atoms with van der Waals surface area (Å²) in [5.74, 6) is -0.890. The van der Waals surface area contributed by atoms with E-state index in [2.05, 4.69) is 93.7 Å². The lowest BCUT2D eigenvalue weighted by molar-refractivity contribution is -0.167. The molecule has 0 heterocycles. The Morgan fingerprint density at radius 3 is 0.836 bits per heavy atom. The molecule has 0 aliphatic heterocycles. The lowest BCUT2D eigenvalue weighted by Crippen LogP contribution is -2.30. The largest absolute Gasteiger partial charge is 0.462 e. The summed E-state index contributed by atoms with van der Waals surface area (Å²) in [7, 11) is 0. The molecular formula is C67H118O6. The van der Waals surface area contributed by atoms with Crippen LogP contribution < -0.4 is 0 Å². The predicted octanol–water partition coefficient (Wildman–Crippen LogP) is 21.3. The van der Waals surface area contributed by atoms with Crippen molar-refractivity contribution in [3.63, 3.8) is 0 Å². The molecule has 422 valence electrons. The van der Waals surface area contributed by atoms with Crippen LogP contribution in [0.4, 0.5) is 0 Å². The number of carbonyl (C=O) groups is 3. The quantitative estimate of drug-likeness (QED) is 0.0261. The predicted molar refractivity (Wildman–Crippen MR) is 316 cm³/mol. The second-order valence-corrected chi connectivity index (χ2v) is 21.0. The Hall–Kier alpha value is -3.15. The number of hydrogen-bond acceptors (Lipinski definition) is 6. The van der Waals surface area contributed by atoms with Gasteiger partial charge in [-0.3, -0.25) is 14.4 Å². The third-order valence-electron chi connectivity index (χ3n) is 13.6. The maximum atomic E-state index is 12.9. The second kappa shape index (κ2) is 61.4. The molecule has 1 atom stereocenters. The van der Waals surface area contributed by atoms with Crippen LogP contribution in [0.2, 0.25) is 0 Å². The van der Waals surface area contributed by atoms with Crippen LogP contribution in [0.1, 0.15) is 316 Å². The van der Waals surface area contributed by atoms with Crippen LogP contribution in [0.25, 0.3) is 0 Å². The molecule has 1 unspecified atom stereocenters. The molecule has 0 spiro atoms. The van der Waals surface area contributed by atoms with E-state index in [4.69, 9.17) is 14.2 Å². The van der Waals surface area contributed by atoms with Crippen molar-refractivity contribution in [3.8, 4) is 0 Å². The zero-order valence-electron chi connectivity index (χ0n) is 48.4. The Bertz CT molecular complexity index is 1360. The van der Waals surface area contributed by atoms with Crippen LogP contribution in [0.5, 0.6) is 0 Å². The summed E-state index contributed by atoms with van der Waals surface area (Å²) in [6.45, 7) is 6.56. The maximum absolute atomic E-state index is 12.9. The fourth-order valence-corrected chi connectivity index (χ4v) is 8.90. The summed E-state index contributed by atoms with van der Waals surface area (Å²) >= 11 is 0. The molecule has 0 aromatic carbocycles. The zero-order valence-corrected chi connectivity index (χ0v) is 48.4. The van der Waals surface area contributed by atoms with Gasteiger partial charge in [0.05, 0.1) is 0 Å². The normalized spacial score (nSPS) is 12.5. The Kier molecular flexibility index (Phi) is 58.7. The minimum absolute atomic E-state index is 0.0815. The minimum atomic E-state index is -0.785. The second-order valence-electron chi connectivity index (χ2n) is 21.0. The van der Waals surface area contributed by atoms with E-state index < -0.39 is 6.10 Å². The summed E-state index contributed by atoms with van der Waals surface area (Å²) in [6.07, 6.45) is 79.0. The SMILES string of the molecule is CCC/C=C\C/C=C\CCCCCCCC(=O)OCC(COC(=O)CCCCCCCCCCCCC/C=C\C/C=C\CCCCCCC)OC(=O)CCCCCCCCCCC/C=C\C/C=C\CCCCC. The van der Waals surface area contributed by atoms with Gasteiger partial charge in [0.2, 0.25) is 0 Å². The van der Waals surface area contributed by atoms with E-state index in [0.29, 0.717) is 19.3 Å². The van der Waals surface area contributed by atoms with Crippen molar-refractivity contribution >= 4 is 17.9 Å². The van der Waals surface area contributed by atoms with Crippen LogP contribution in [0.3, 0.4) is 0 Å². The average Bonchev–Trinajstić information content (AvgIpc) is 3.39. The molecule has 6 heteroatoms. The van der Waals surface area contributed by atoms with Crippen molar-refractivity contribution in [1.82, 2.24) is 0 Å². The monoisotopic (exact) mass is 1020 g/mol. The Morgan fingerprint density at radius 2 is 0.521 bits per heavy atom. The van der Waals surface area contributed by atoms with Crippen LogP contribution in [0.15, 0.2) is 72.9 Å². The molecule has 0 saturated heterocycles. The molecule has 0 aliphatic rings. The van der Waals surface area contributed by atoms with Crippen molar-refractivity contribution in [3.05, 3.63) is 72.9 Å². The van der Waals surface area contributed by atoms with Gasteiger partial charge >= 0.3 is 17.9 Å². The fraction of sp³-hybridized carbons (Fsp3) is 0.776. The fourth-order valence-electron chi connectivity index (χ4n) is 8.90. The van der Waals surface area contributed by atoms with Gasteiger partial charge in [0.25, 0.3) is 0 Å². The van der Waals surface area contributed by atoms with Crippen molar-refractivity contribution in [2.75, 3.05) is 13.2 Å². The number of hydrogen-bond donors (Lipinski definition) is 0. The molecule has 73 heavy (non-hydrogen) atoms. The number of allylic oxidation sites excluding steroid dienone is 12. The zero-order chi connectivity index (χ0) is 52.9. The average molecular weight is 1020 g/mol. The van der Waals surface area contributed by atoms with Gasteiger partial charge in [0.1, 0.15) is 13.2 Å². The van der Waals surface area contributed by atoms with Gasteiger partial charge < -0.3 is 14.2 Å². The molecular weight excluding hydrogens is 901 g/mol. The number of unbranched alkanes of at least 4 members (excludes halogenated alkanes) is 34. The highest BCUT2D eigenvalue weighted by Crippen LogP contribution is 2.16. The third kappa shape index (κ3) is 59.6. The number of rotatable bonds is 57. The summed E-state index contributed by atoms with van der Waals surface area (Å²) in [4.78, 5) is 38.3. The highest BCUT2D eigenvalue weighted by molar-refractivity contribution is 5.71. The van der Waals surface area contributed by atoms with E-state index in [1.165, 1.54) is 180 Å². The Morgan fingerprint density at radius 1 is 0.274 bits per heavy atom. The van der Waals surface area contributed by atoms with Crippen LogP contribution in [-0.4, -0.2) is 37.2 Å². The summed E-state index contributed by atoms with van der Waals surface area (Å²) < 4.78 is 16.9. The van der Waals surface area contributed by atoms with E-state index in [-0.39, 0.29) is 31.1 Å². The van der Waals surface area contributed by atoms with Crippen molar-refractivity contribution in [2.24, 2.45) is 0 Å². The molecule has 0 N–H and O–H groups in total. The molecule has 0 amide bonds. The molecule has 0 aromatic heterocycles. The van der Waals surface area contributed by atoms with Crippen LogP contribution in [0, 0.1) is 0 Å². The van der Waals surface area contributed by atoms with Gasteiger partial charge in [-0.25, -0.2) is 0 Å². The highest BCUT2D eigenvalue weighted by Gasteiger charge is 2.19. The van der Waals surface area contributed by atoms with Crippen LogP contribution >= 0.6 is 0 Å². The molecule has 6 nitrogen and oxygen atoms in total. The molecule has 0 aromatic rings. The number of ether oxygens (including phenoxy) is 3. The topological polar surface area (TPSA) is 78.9 Å². The molecule has 0 rings (SSSR count). The van der Waals surface area contributed by atoms with Crippen molar-refractivity contribution in [1.29, 1.82) is 0 Å². The summed E-state index contributed by atoms with van der Waals surface area (Å²) in [5.41, 5.74) is 0. The van der Waals surface area contributed by atoms with Crippen molar-refractivity contribution < 1.29 is 28.6 Å². The minimum Gasteiger partial charge on any atom is -0.462 e. The number of esters is 3. The molecule has 0 saturated carbocycles. The molecule has 0 bridgehead atoms. The lowest BCUT2D eigenvalue weighted by Gasteiger charge is -2.18. The maximum Gasteiger partial charge on any atom is 0.306 e. The molecule has 0 fully saturated rings. The van der Waals surface area contributed by atoms with E-state index in [9.17, 15) is 14.4 Å². The first-order chi connectivity index (χ1) is 36.0. The standard InChI is InChI=1S/C67H118O6/c1-4-7-10-13-16-19-22-25-27-29-31-32-33-34-36-37-39-42-45-48-51-54-57-60-66(69)72-63-64(62-71-65(68)59-56-53-50-47-44-41-24-21-18-15-12-9-6-3)73-67(70)61-58-55-52-49-46-43-40-38-35-30-28-26-23-20-17-14-11-8-5-2/h12,15,17,20-22,24-26,28-29,31,64H,4-11,13-14,16,18-19,23,27,30,32-63H2,1-3H3/b15-12-,20-17-,24-21-,25-22-,28-26-,31-29-. The smallest absolute Gasteiger partial charge is 0.306 e. The van der Waals surface area contributed by atoms with E-state index in [0.717, 1.165) is 96.3 Å². The lowest BCUT2D eigenvalue weighted by atomic mass is 10.0. The Labute approximate surface area is 453 Å². The van der Waals surface area contributed by atoms with Gasteiger partial charge in [-0.1, -0.05) is 261 Å². The van der Waals surface area contributed by atoms with Gasteiger partial charge in [0, 0.05) is 19.3 Å². The first kappa shape index (κ1) is 69.8. The van der Waals surface area contributed by atoms with Gasteiger partial charge in [-0.2, -0.15) is 0 Å². The highest BCUT2D eigenvalue weighted by atomic mass is 16.6. The van der Waals surface area contributed by atoms with E-state index in [1.807, 2.05) is 0 Å². The van der Waals surface area contributed by atoms with Crippen molar-refractivity contribution in [2.45, 2.75) is 322 Å². The molecule has 0 radical (unpaired) electrons. The number of carbonyl (C=O) groups excluding carboxylic acids is 3. The third-order valence-corrected chi connectivity index (χ3v) is 13.6.